The van der Waals surface area contributed by atoms with Crippen molar-refractivity contribution in [3.63, 3.8) is 0 Å². The van der Waals surface area contributed by atoms with Crippen LogP contribution in [-0.4, -0.2) is 23.8 Å². The van der Waals surface area contributed by atoms with Crippen molar-refractivity contribution in [3.8, 4) is 0 Å². The smallest absolute Gasteiger partial charge is 0.178 e. The van der Waals surface area contributed by atoms with Crippen LogP contribution in [0.5, 0.6) is 0 Å². The second-order valence-corrected chi connectivity index (χ2v) is 3.85. The molecule has 0 aliphatic rings. The van der Waals surface area contributed by atoms with Crippen molar-refractivity contribution in [2.75, 3.05) is 12.0 Å². The lowest BCUT2D eigenvalue weighted by molar-refractivity contribution is -0.300. The minimum absolute atomic E-state index is 0.127. The van der Waals surface area contributed by atoms with E-state index >= 15 is 0 Å². The highest BCUT2D eigenvalue weighted by atomic mass is 32.2. The highest BCUT2D eigenvalue weighted by Crippen LogP contribution is 2.06. The molecule has 0 aromatic heterocycles. The second-order valence-electron chi connectivity index (χ2n) is 2.87. The third-order valence-corrected chi connectivity index (χ3v) is 2.43. The van der Waals surface area contributed by atoms with Crippen molar-refractivity contribution in [1.29, 1.82) is 0 Å². The van der Waals surface area contributed by atoms with Crippen LogP contribution in [0.25, 0.3) is 0 Å². The number of hydrogen-bond donors (Lipinski definition) is 0. The van der Waals surface area contributed by atoms with Crippen molar-refractivity contribution < 1.29 is 14.7 Å². The van der Waals surface area contributed by atoms with Crippen LogP contribution in [0.3, 0.4) is 0 Å². The Morgan fingerprint density at radius 2 is 1.77 bits per heavy atom. The molecule has 0 amide bonds. The van der Waals surface area contributed by atoms with Crippen LogP contribution < -0.4 is 5.11 Å². The van der Waals surface area contributed by atoms with E-state index in [0.717, 1.165) is 25.0 Å². The van der Waals surface area contributed by atoms with Gasteiger partial charge in [0.2, 0.25) is 0 Å². The Bertz CT molecular complexity index is 168. The summed E-state index contributed by atoms with van der Waals surface area (Å²) in [4.78, 5) is 20.6. The molecule has 0 atom stereocenters. The number of thioether (sulfide) groups is 1. The molecule has 0 aliphatic heterocycles. The van der Waals surface area contributed by atoms with Gasteiger partial charge in [-0.05, 0) is 24.9 Å². The summed E-state index contributed by atoms with van der Waals surface area (Å²) in [6, 6.07) is 0. The van der Waals surface area contributed by atoms with Crippen molar-refractivity contribution in [2.24, 2.45) is 0 Å². The van der Waals surface area contributed by atoms with E-state index in [1.165, 1.54) is 0 Å². The molecule has 0 saturated carbocycles. The van der Waals surface area contributed by atoms with Gasteiger partial charge in [0.05, 0.1) is 0 Å². The number of rotatable bonds is 8. The Balaban J connectivity index is 3.16. The maximum atomic E-state index is 10.6. The van der Waals surface area contributed by atoms with Crippen LogP contribution in [-0.2, 0) is 9.59 Å². The molecule has 13 heavy (non-hydrogen) atoms. The van der Waals surface area contributed by atoms with Gasteiger partial charge in [-0.1, -0.05) is 12.8 Å². The van der Waals surface area contributed by atoms with E-state index in [4.69, 9.17) is 0 Å². The Labute approximate surface area is 82.9 Å². The van der Waals surface area contributed by atoms with Gasteiger partial charge in [-0.2, -0.15) is 11.8 Å². The first-order valence-electron chi connectivity index (χ1n) is 4.41. The summed E-state index contributed by atoms with van der Waals surface area (Å²) in [5, 5.41) is 10.0. The van der Waals surface area contributed by atoms with Gasteiger partial charge in [0, 0.05) is 6.42 Å². The van der Waals surface area contributed by atoms with Crippen LogP contribution in [0, 0.1) is 0 Å². The topological polar surface area (TPSA) is 57.2 Å². The SMILES string of the molecule is CSCCCCCCC(=O)C(=O)[O-]. The van der Waals surface area contributed by atoms with E-state index in [1.54, 1.807) is 11.8 Å². The number of aliphatic carboxylic acids is 1. The minimum Gasteiger partial charge on any atom is -0.542 e. The first-order valence-corrected chi connectivity index (χ1v) is 5.81. The van der Waals surface area contributed by atoms with E-state index in [1.807, 2.05) is 0 Å². The summed E-state index contributed by atoms with van der Waals surface area (Å²) in [5.41, 5.74) is 0. The normalized spacial score (nSPS) is 9.92. The zero-order valence-electron chi connectivity index (χ0n) is 7.88. The van der Waals surface area contributed by atoms with Gasteiger partial charge >= 0.3 is 0 Å². The third-order valence-electron chi connectivity index (χ3n) is 1.73. The first kappa shape index (κ1) is 12.5. The van der Waals surface area contributed by atoms with E-state index in [-0.39, 0.29) is 6.42 Å². The molecule has 0 bridgehead atoms. The summed E-state index contributed by atoms with van der Waals surface area (Å²) < 4.78 is 0. The molecule has 0 spiro atoms. The molecule has 0 N–H and O–H groups in total. The molecule has 0 aromatic rings. The molecular formula is C9H15O3S-. The average molecular weight is 203 g/mol. The van der Waals surface area contributed by atoms with E-state index < -0.39 is 11.8 Å². The number of carbonyl (C=O) groups excluding carboxylic acids is 2. The molecule has 0 rings (SSSR count). The average Bonchev–Trinajstić information content (AvgIpc) is 2.10. The quantitative estimate of drug-likeness (QED) is 0.428. The highest BCUT2D eigenvalue weighted by molar-refractivity contribution is 7.98. The summed E-state index contributed by atoms with van der Waals surface area (Å²) in [6.07, 6.45) is 5.99. The van der Waals surface area contributed by atoms with Crippen molar-refractivity contribution in [1.82, 2.24) is 0 Å². The second kappa shape index (κ2) is 8.10. The van der Waals surface area contributed by atoms with Gasteiger partial charge in [-0.15, -0.1) is 0 Å². The molecule has 0 saturated heterocycles. The van der Waals surface area contributed by atoms with Crippen LogP contribution in [0.2, 0.25) is 0 Å². The molecule has 4 heteroatoms. The minimum atomic E-state index is -1.55. The molecule has 0 aromatic carbocycles. The fourth-order valence-electron chi connectivity index (χ4n) is 0.988. The molecule has 0 aliphatic carbocycles. The number of hydrogen-bond acceptors (Lipinski definition) is 4. The van der Waals surface area contributed by atoms with Crippen molar-refractivity contribution >= 4 is 23.5 Å². The molecule has 0 radical (unpaired) electrons. The number of Topliss-reactive ketones (excluding diaryl/α,β-unsaturated/α-hetero) is 1. The molecule has 0 unspecified atom stereocenters. The number of carboxylic acids is 1. The van der Waals surface area contributed by atoms with Crippen molar-refractivity contribution in [2.45, 2.75) is 32.1 Å². The number of carboxylic acid groups (broad SMARTS) is 1. The Hall–Kier alpha value is -0.510. The number of carbonyl (C=O) groups is 2. The number of ketones is 1. The molecular weight excluding hydrogens is 188 g/mol. The monoisotopic (exact) mass is 203 g/mol. The largest absolute Gasteiger partial charge is 0.542 e. The predicted molar refractivity (Wildman–Crippen MR) is 51.5 cm³/mol. The van der Waals surface area contributed by atoms with Gasteiger partial charge in [-0.25, -0.2) is 0 Å². The van der Waals surface area contributed by atoms with Gasteiger partial charge in [0.25, 0.3) is 0 Å². The zero-order valence-corrected chi connectivity index (χ0v) is 8.69. The van der Waals surface area contributed by atoms with E-state index in [0.29, 0.717) is 6.42 Å². The van der Waals surface area contributed by atoms with Gasteiger partial charge in [0.15, 0.2) is 5.78 Å². The lowest BCUT2D eigenvalue weighted by Gasteiger charge is -2.01. The molecule has 0 heterocycles. The predicted octanol–water partition coefficient (Wildman–Crippen LogP) is 0.619. The summed E-state index contributed by atoms with van der Waals surface area (Å²) >= 11 is 1.80. The van der Waals surface area contributed by atoms with E-state index in [2.05, 4.69) is 6.26 Å². The summed E-state index contributed by atoms with van der Waals surface area (Å²) in [7, 11) is 0. The fraction of sp³-hybridized carbons (Fsp3) is 0.778. The molecule has 0 fully saturated rings. The first-order chi connectivity index (χ1) is 6.18. The maximum Gasteiger partial charge on any atom is 0.178 e. The van der Waals surface area contributed by atoms with Crippen LogP contribution >= 0.6 is 11.8 Å². The Morgan fingerprint density at radius 1 is 1.15 bits per heavy atom. The summed E-state index contributed by atoms with van der Waals surface area (Å²) in [6.45, 7) is 0. The zero-order chi connectivity index (χ0) is 10.1. The van der Waals surface area contributed by atoms with Crippen molar-refractivity contribution in [3.05, 3.63) is 0 Å². The van der Waals surface area contributed by atoms with Crippen LogP contribution in [0.4, 0.5) is 0 Å². The standard InChI is InChI=1S/C9H16O3S/c1-13-7-5-3-2-4-6-8(10)9(11)12/h2-7H2,1H3,(H,11,12)/p-1. The lowest BCUT2D eigenvalue weighted by Crippen LogP contribution is -2.31. The van der Waals surface area contributed by atoms with E-state index in [9.17, 15) is 14.7 Å². The maximum absolute atomic E-state index is 10.6. The van der Waals surface area contributed by atoms with Gasteiger partial charge < -0.3 is 9.90 Å². The number of unbranched alkanes of at least 4 members (excludes halogenated alkanes) is 3. The van der Waals surface area contributed by atoms with Crippen LogP contribution in [0.15, 0.2) is 0 Å². The Kier molecular flexibility index (Phi) is 7.79. The molecule has 76 valence electrons. The van der Waals surface area contributed by atoms with Crippen LogP contribution in [0.1, 0.15) is 32.1 Å². The highest BCUT2D eigenvalue weighted by Gasteiger charge is 2.01. The lowest BCUT2D eigenvalue weighted by atomic mass is 10.1. The fourth-order valence-corrected chi connectivity index (χ4v) is 1.48. The molecule has 3 nitrogen and oxygen atoms in total. The van der Waals surface area contributed by atoms with Gasteiger partial charge in [-0.3, -0.25) is 4.79 Å². The van der Waals surface area contributed by atoms with Gasteiger partial charge in [0.1, 0.15) is 5.97 Å². The third kappa shape index (κ3) is 7.84. The Morgan fingerprint density at radius 3 is 2.31 bits per heavy atom. The summed E-state index contributed by atoms with van der Waals surface area (Å²) in [5.74, 6) is -1.19.